The predicted octanol–water partition coefficient (Wildman–Crippen LogP) is 14.4. The molecule has 2 heteroatoms. The fraction of sp³-hybridized carbons (Fsp3) is 0.267. The summed E-state index contributed by atoms with van der Waals surface area (Å²) in [7, 11) is -1.23. The second kappa shape index (κ2) is 18.1. The highest BCUT2D eigenvalue weighted by Crippen LogP contribution is 2.37. The summed E-state index contributed by atoms with van der Waals surface area (Å²) in [5, 5.41) is 13.6. The van der Waals surface area contributed by atoms with E-state index in [9.17, 15) is 0 Å². The van der Waals surface area contributed by atoms with Gasteiger partial charge in [0.25, 0.3) is 0 Å². The molecule has 8 aromatic rings. The normalized spacial score (nSPS) is 12.5. The van der Waals surface area contributed by atoms with Gasteiger partial charge >= 0.3 is 0 Å². The molecule has 8 rings (SSSR count). The quantitative estimate of drug-likeness (QED) is 0.146. The minimum atomic E-state index is -0.616. The van der Waals surface area contributed by atoms with Crippen LogP contribution >= 0.6 is 15.8 Å². The van der Waals surface area contributed by atoms with Gasteiger partial charge in [0, 0.05) is 0 Å². The maximum absolute atomic E-state index is 2.39. The number of fused-ring (bicyclic) bond motifs is 2. The Labute approximate surface area is 376 Å². The van der Waals surface area contributed by atoms with E-state index in [1.165, 1.54) is 75.6 Å². The summed E-state index contributed by atoms with van der Waals surface area (Å²) in [5.74, 6) is 0. The van der Waals surface area contributed by atoms with Gasteiger partial charge in [-0.25, -0.2) is 0 Å². The van der Waals surface area contributed by atoms with Crippen LogP contribution in [-0.2, 0) is 21.7 Å². The molecule has 0 amide bonds. The molecular weight excluding hydrogens is 783 g/mol. The minimum Gasteiger partial charge on any atom is -0.0616 e. The Morgan fingerprint density at radius 1 is 0.226 bits per heavy atom. The molecule has 0 atom stereocenters. The molecule has 0 saturated carbocycles. The van der Waals surface area contributed by atoms with Crippen molar-refractivity contribution in [3.63, 3.8) is 0 Å². The van der Waals surface area contributed by atoms with Gasteiger partial charge in [-0.15, -0.1) is 0 Å². The fourth-order valence-electron chi connectivity index (χ4n) is 7.97. The van der Waals surface area contributed by atoms with Crippen molar-refractivity contribution in [1.29, 1.82) is 0 Å². The van der Waals surface area contributed by atoms with E-state index in [0.717, 1.165) is 0 Å². The Hall–Kier alpha value is -4.86. The lowest BCUT2D eigenvalue weighted by Crippen LogP contribution is -2.22. The fourth-order valence-corrected chi connectivity index (χ4v) is 12.5. The summed E-state index contributed by atoms with van der Waals surface area (Å²) < 4.78 is 0. The smallest absolute Gasteiger partial charge is 0.0132 e. The first-order valence-corrected chi connectivity index (χ1v) is 24.9. The summed E-state index contributed by atoms with van der Waals surface area (Å²) in [5.41, 5.74) is 6.19. The van der Waals surface area contributed by atoms with Crippen LogP contribution in [0.5, 0.6) is 0 Å². The van der Waals surface area contributed by atoms with E-state index in [1.54, 1.807) is 0 Å². The molecule has 0 bridgehead atoms. The molecule has 0 aliphatic heterocycles. The third-order valence-electron chi connectivity index (χ3n) is 11.9. The van der Waals surface area contributed by atoms with Gasteiger partial charge in [-0.3, -0.25) is 0 Å². The zero-order chi connectivity index (χ0) is 44.5. The van der Waals surface area contributed by atoms with E-state index >= 15 is 0 Å². The van der Waals surface area contributed by atoms with Gasteiger partial charge in [0.05, 0.1) is 0 Å². The first-order valence-electron chi connectivity index (χ1n) is 22.3. The topological polar surface area (TPSA) is 0 Å². The van der Waals surface area contributed by atoms with Crippen molar-refractivity contribution in [2.45, 2.75) is 105 Å². The van der Waals surface area contributed by atoms with E-state index in [1.807, 2.05) is 0 Å². The van der Waals surface area contributed by atoms with Gasteiger partial charge in [0.1, 0.15) is 0 Å². The van der Waals surface area contributed by atoms with Gasteiger partial charge in [-0.05, 0) is 125 Å². The SMILES string of the molecule is CC(C)(C)c1ccc(P(c2ccc(C(C)(C)C)cc2)c2ccc3ccccc3c2)cc1.CC(C)(C)c1ccc(P(c2ccc(C(C)(C)C)cc2)c2ccc3ccccc3c2)cc1. The van der Waals surface area contributed by atoms with E-state index in [0.29, 0.717) is 0 Å². The van der Waals surface area contributed by atoms with Crippen LogP contribution in [0.4, 0.5) is 0 Å². The highest BCUT2D eigenvalue weighted by Gasteiger charge is 2.23. The maximum atomic E-state index is 2.39. The summed E-state index contributed by atoms with van der Waals surface area (Å²) in [4.78, 5) is 0. The molecule has 0 saturated heterocycles. The molecule has 0 spiro atoms. The summed E-state index contributed by atoms with van der Waals surface area (Å²) >= 11 is 0. The minimum absolute atomic E-state index is 0.165. The standard InChI is InChI=1S/2C30H33P/c2*1-29(2,3)24-12-17-26(18-13-24)31(27-19-14-25(15-20-27)30(4,5)6)28-16-11-22-9-7-8-10-23(22)21-28/h2*7-21H,1-6H3. The molecule has 0 aliphatic rings. The lowest BCUT2D eigenvalue weighted by molar-refractivity contribution is 0.590. The van der Waals surface area contributed by atoms with Gasteiger partial charge in [-0.1, -0.05) is 253 Å². The lowest BCUT2D eigenvalue weighted by atomic mass is 9.87. The molecular formula is C60H66P2. The van der Waals surface area contributed by atoms with Crippen LogP contribution in [0.15, 0.2) is 182 Å². The number of rotatable bonds is 6. The van der Waals surface area contributed by atoms with Gasteiger partial charge in [-0.2, -0.15) is 0 Å². The zero-order valence-electron chi connectivity index (χ0n) is 39.2. The Morgan fingerprint density at radius 2 is 0.435 bits per heavy atom. The number of benzene rings is 8. The van der Waals surface area contributed by atoms with E-state index in [-0.39, 0.29) is 21.7 Å². The first-order chi connectivity index (χ1) is 29.3. The van der Waals surface area contributed by atoms with Crippen LogP contribution in [0.3, 0.4) is 0 Å². The molecule has 0 heterocycles. The Balaban J connectivity index is 0.000000186. The van der Waals surface area contributed by atoms with Crippen molar-refractivity contribution in [1.82, 2.24) is 0 Å². The van der Waals surface area contributed by atoms with Crippen LogP contribution in [0, 0.1) is 0 Å². The van der Waals surface area contributed by atoms with Crippen molar-refractivity contribution in [2.75, 3.05) is 0 Å². The molecule has 0 N–H and O–H groups in total. The summed E-state index contributed by atoms with van der Waals surface area (Å²) in [6, 6.07) is 68.6. The maximum Gasteiger partial charge on any atom is -0.0132 e. The van der Waals surface area contributed by atoms with Crippen molar-refractivity contribution in [3.8, 4) is 0 Å². The molecule has 0 aliphatic carbocycles. The largest absolute Gasteiger partial charge is 0.0616 e. The molecule has 62 heavy (non-hydrogen) atoms. The second-order valence-corrected chi connectivity index (χ2v) is 25.4. The van der Waals surface area contributed by atoms with Crippen LogP contribution in [-0.4, -0.2) is 0 Å². The highest BCUT2D eigenvalue weighted by molar-refractivity contribution is 7.80. The first kappa shape index (κ1) is 45.2. The average Bonchev–Trinajstić information content (AvgIpc) is 3.23. The Morgan fingerprint density at radius 3 is 0.661 bits per heavy atom. The molecule has 316 valence electrons. The molecule has 0 radical (unpaired) electrons. The lowest BCUT2D eigenvalue weighted by Gasteiger charge is -2.24. The molecule has 0 aromatic heterocycles. The molecule has 0 nitrogen and oxygen atoms in total. The van der Waals surface area contributed by atoms with E-state index < -0.39 is 15.8 Å². The summed E-state index contributed by atoms with van der Waals surface area (Å²) in [6.45, 7) is 27.3. The van der Waals surface area contributed by atoms with Crippen LogP contribution in [0.2, 0.25) is 0 Å². The van der Waals surface area contributed by atoms with Gasteiger partial charge in [0.2, 0.25) is 0 Å². The third kappa shape index (κ3) is 10.7. The monoisotopic (exact) mass is 848 g/mol. The van der Waals surface area contributed by atoms with E-state index in [4.69, 9.17) is 0 Å². The second-order valence-electron chi connectivity index (χ2n) is 20.9. The van der Waals surface area contributed by atoms with Gasteiger partial charge in [0.15, 0.2) is 0 Å². The molecule has 8 aromatic carbocycles. The Kier molecular flexibility index (Phi) is 13.2. The van der Waals surface area contributed by atoms with Gasteiger partial charge < -0.3 is 0 Å². The number of hydrogen-bond acceptors (Lipinski definition) is 0. The predicted molar refractivity (Wildman–Crippen MR) is 280 cm³/mol. The van der Waals surface area contributed by atoms with Crippen molar-refractivity contribution in [2.24, 2.45) is 0 Å². The average molecular weight is 849 g/mol. The van der Waals surface area contributed by atoms with Crippen LogP contribution in [0.1, 0.15) is 105 Å². The number of hydrogen-bond donors (Lipinski definition) is 0. The van der Waals surface area contributed by atoms with Crippen molar-refractivity contribution >= 4 is 69.2 Å². The van der Waals surface area contributed by atoms with Crippen LogP contribution < -0.4 is 31.8 Å². The Bertz CT molecular complexity index is 2420. The zero-order valence-corrected chi connectivity index (χ0v) is 41.0. The summed E-state index contributed by atoms with van der Waals surface area (Å²) in [6.07, 6.45) is 0. The van der Waals surface area contributed by atoms with E-state index in [2.05, 4.69) is 265 Å². The van der Waals surface area contributed by atoms with Crippen molar-refractivity contribution in [3.05, 3.63) is 204 Å². The van der Waals surface area contributed by atoms with Crippen molar-refractivity contribution < 1.29 is 0 Å². The molecule has 0 fully saturated rings. The highest BCUT2D eigenvalue weighted by atomic mass is 31.1. The van der Waals surface area contributed by atoms with Crippen LogP contribution in [0.25, 0.3) is 21.5 Å². The molecule has 0 unspecified atom stereocenters. The third-order valence-corrected chi connectivity index (χ3v) is 16.8.